The van der Waals surface area contributed by atoms with Crippen LogP contribution >= 0.6 is 0 Å². The summed E-state index contributed by atoms with van der Waals surface area (Å²) in [5.41, 5.74) is 0. The second-order valence-electron chi connectivity index (χ2n) is 3.24. The van der Waals surface area contributed by atoms with Gasteiger partial charge >= 0.3 is 5.97 Å². The predicted octanol–water partition coefficient (Wildman–Crippen LogP) is 2.41. The van der Waals surface area contributed by atoms with E-state index in [1.165, 1.54) is 7.11 Å². The molecule has 0 aliphatic rings. The third-order valence-electron chi connectivity index (χ3n) is 2.05. The average Bonchev–Trinajstić information content (AvgIpc) is 2.29. The summed E-state index contributed by atoms with van der Waals surface area (Å²) in [5.74, 6) is 1.26. The van der Waals surface area contributed by atoms with Crippen LogP contribution in [0.15, 0.2) is 18.2 Å². The van der Waals surface area contributed by atoms with Gasteiger partial charge < -0.3 is 14.2 Å². The number of carbonyl (C=O) groups excluding carboxylic acids is 1. The van der Waals surface area contributed by atoms with Crippen molar-refractivity contribution in [3.8, 4) is 17.2 Å². The Hall–Kier alpha value is -1.71. The zero-order chi connectivity index (χ0) is 12.0. The topological polar surface area (TPSA) is 44.8 Å². The predicted molar refractivity (Wildman–Crippen MR) is 60.1 cm³/mol. The molecular formula is C12H16O4. The molecule has 0 N–H and O–H groups in total. The maximum absolute atomic E-state index is 11.4. The molecule has 0 radical (unpaired) electrons. The molecule has 1 rings (SSSR count). The Kier molecular flexibility index (Phi) is 4.64. The molecule has 16 heavy (non-hydrogen) atoms. The quantitative estimate of drug-likeness (QED) is 0.569. The summed E-state index contributed by atoms with van der Waals surface area (Å²) in [6.45, 7) is 1.92. The molecule has 1 aromatic rings. The van der Waals surface area contributed by atoms with Crippen LogP contribution < -0.4 is 14.2 Å². The van der Waals surface area contributed by atoms with E-state index >= 15 is 0 Å². The third-order valence-corrected chi connectivity index (χ3v) is 2.05. The lowest BCUT2D eigenvalue weighted by atomic mass is 10.3. The van der Waals surface area contributed by atoms with Crippen LogP contribution in [0.3, 0.4) is 0 Å². The van der Waals surface area contributed by atoms with Crippen molar-refractivity contribution in [2.45, 2.75) is 19.8 Å². The number of ether oxygens (including phenoxy) is 3. The van der Waals surface area contributed by atoms with Gasteiger partial charge in [-0.2, -0.15) is 0 Å². The standard InChI is InChI=1S/C12H16O4/c1-4-5-12(13)16-11-8-9(14-2)6-7-10(11)15-3/h6-8H,4-5H2,1-3H3. The Morgan fingerprint density at radius 2 is 1.94 bits per heavy atom. The average molecular weight is 224 g/mol. The van der Waals surface area contributed by atoms with Gasteiger partial charge in [0.2, 0.25) is 0 Å². The fourth-order valence-electron chi connectivity index (χ4n) is 1.24. The molecule has 0 aromatic heterocycles. The van der Waals surface area contributed by atoms with Crippen molar-refractivity contribution in [3.05, 3.63) is 18.2 Å². The van der Waals surface area contributed by atoms with E-state index in [4.69, 9.17) is 14.2 Å². The highest BCUT2D eigenvalue weighted by Gasteiger charge is 2.10. The highest BCUT2D eigenvalue weighted by Crippen LogP contribution is 2.31. The van der Waals surface area contributed by atoms with Gasteiger partial charge in [0.25, 0.3) is 0 Å². The first kappa shape index (κ1) is 12.4. The third kappa shape index (κ3) is 3.15. The zero-order valence-corrected chi connectivity index (χ0v) is 9.78. The maximum atomic E-state index is 11.4. The smallest absolute Gasteiger partial charge is 0.311 e. The summed E-state index contributed by atoms with van der Waals surface area (Å²) in [7, 11) is 3.08. The molecule has 4 heteroatoms. The molecule has 0 heterocycles. The molecule has 0 aliphatic carbocycles. The summed E-state index contributed by atoms with van der Waals surface area (Å²) < 4.78 is 15.3. The van der Waals surface area contributed by atoms with E-state index in [0.29, 0.717) is 23.7 Å². The van der Waals surface area contributed by atoms with Crippen molar-refractivity contribution in [3.63, 3.8) is 0 Å². The normalized spacial score (nSPS) is 9.69. The minimum Gasteiger partial charge on any atom is -0.497 e. The van der Waals surface area contributed by atoms with Crippen LogP contribution in [0.4, 0.5) is 0 Å². The summed E-state index contributed by atoms with van der Waals surface area (Å²) in [4.78, 5) is 11.4. The van der Waals surface area contributed by atoms with Gasteiger partial charge in [-0.05, 0) is 18.6 Å². The number of carbonyl (C=O) groups is 1. The zero-order valence-electron chi connectivity index (χ0n) is 9.78. The van der Waals surface area contributed by atoms with Gasteiger partial charge in [-0.25, -0.2) is 0 Å². The van der Waals surface area contributed by atoms with Gasteiger partial charge in [0, 0.05) is 12.5 Å². The van der Waals surface area contributed by atoms with E-state index in [9.17, 15) is 4.79 Å². The van der Waals surface area contributed by atoms with E-state index in [1.54, 1.807) is 25.3 Å². The Morgan fingerprint density at radius 1 is 1.19 bits per heavy atom. The van der Waals surface area contributed by atoms with Crippen LogP contribution in [0.25, 0.3) is 0 Å². The molecular weight excluding hydrogens is 208 g/mol. The molecule has 0 fully saturated rings. The number of benzene rings is 1. The molecule has 0 spiro atoms. The van der Waals surface area contributed by atoms with Crippen molar-refractivity contribution in [1.29, 1.82) is 0 Å². The molecule has 88 valence electrons. The lowest BCUT2D eigenvalue weighted by Crippen LogP contribution is -2.07. The largest absolute Gasteiger partial charge is 0.497 e. The summed E-state index contributed by atoms with van der Waals surface area (Å²) in [5, 5.41) is 0. The minimum atomic E-state index is -0.269. The molecule has 0 saturated carbocycles. The van der Waals surface area contributed by atoms with E-state index in [1.807, 2.05) is 6.92 Å². The van der Waals surface area contributed by atoms with Crippen LogP contribution in [0.2, 0.25) is 0 Å². The molecule has 0 unspecified atom stereocenters. The fraction of sp³-hybridized carbons (Fsp3) is 0.417. The van der Waals surface area contributed by atoms with Crippen molar-refractivity contribution in [1.82, 2.24) is 0 Å². The Labute approximate surface area is 95.1 Å². The number of hydrogen-bond acceptors (Lipinski definition) is 4. The first-order valence-electron chi connectivity index (χ1n) is 5.14. The molecule has 0 amide bonds. The summed E-state index contributed by atoms with van der Waals surface area (Å²) in [6, 6.07) is 5.08. The van der Waals surface area contributed by atoms with Crippen LogP contribution in [-0.4, -0.2) is 20.2 Å². The molecule has 0 bridgehead atoms. The molecule has 4 nitrogen and oxygen atoms in total. The minimum absolute atomic E-state index is 0.269. The van der Waals surface area contributed by atoms with E-state index < -0.39 is 0 Å². The van der Waals surface area contributed by atoms with Gasteiger partial charge in [0.15, 0.2) is 11.5 Å². The maximum Gasteiger partial charge on any atom is 0.311 e. The first-order chi connectivity index (χ1) is 7.71. The van der Waals surface area contributed by atoms with Crippen molar-refractivity contribution in [2.24, 2.45) is 0 Å². The SMILES string of the molecule is CCCC(=O)Oc1cc(OC)ccc1OC. The lowest BCUT2D eigenvalue weighted by molar-refractivity contribution is -0.134. The Balaban J connectivity index is 2.86. The number of methoxy groups -OCH3 is 2. The van der Waals surface area contributed by atoms with Crippen molar-refractivity contribution >= 4 is 5.97 Å². The summed E-state index contributed by atoms with van der Waals surface area (Å²) >= 11 is 0. The van der Waals surface area contributed by atoms with E-state index in [2.05, 4.69) is 0 Å². The van der Waals surface area contributed by atoms with Crippen LogP contribution in [0.5, 0.6) is 17.2 Å². The molecule has 1 aromatic carbocycles. The first-order valence-corrected chi connectivity index (χ1v) is 5.14. The van der Waals surface area contributed by atoms with Gasteiger partial charge in [0.1, 0.15) is 5.75 Å². The van der Waals surface area contributed by atoms with Gasteiger partial charge in [0.05, 0.1) is 14.2 Å². The number of hydrogen-bond donors (Lipinski definition) is 0. The van der Waals surface area contributed by atoms with Crippen LogP contribution in [0, 0.1) is 0 Å². The van der Waals surface area contributed by atoms with Crippen LogP contribution in [-0.2, 0) is 4.79 Å². The van der Waals surface area contributed by atoms with E-state index in [-0.39, 0.29) is 5.97 Å². The Bertz CT molecular complexity index is 360. The van der Waals surface area contributed by atoms with Gasteiger partial charge in [-0.15, -0.1) is 0 Å². The van der Waals surface area contributed by atoms with Crippen molar-refractivity contribution in [2.75, 3.05) is 14.2 Å². The van der Waals surface area contributed by atoms with Gasteiger partial charge in [-0.1, -0.05) is 6.92 Å². The summed E-state index contributed by atoms with van der Waals surface area (Å²) in [6.07, 6.45) is 1.14. The highest BCUT2D eigenvalue weighted by atomic mass is 16.6. The second-order valence-corrected chi connectivity index (χ2v) is 3.24. The lowest BCUT2D eigenvalue weighted by Gasteiger charge is -2.10. The number of esters is 1. The second kappa shape index (κ2) is 6.00. The van der Waals surface area contributed by atoms with Crippen molar-refractivity contribution < 1.29 is 19.0 Å². The fourth-order valence-corrected chi connectivity index (χ4v) is 1.24. The molecule has 0 saturated heterocycles. The monoisotopic (exact) mass is 224 g/mol. The van der Waals surface area contributed by atoms with Crippen LogP contribution in [0.1, 0.15) is 19.8 Å². The molecule has 0 atom stereocenters. The van der Waals surface area contributed by atoms with Gasteiger partial charge in [-0.3, -0.25) is 4.79 Å². The Morgan fingerprint density at radius 3 is 2.50 bits per heavy atom. The van der Waals surface area contributed by atoms with E-state index in [0.717, 1.165) is 6.42 Å². The molecule has 0 aliphatic heterocycles. The number of rotatable bonds is 5. The highest BCUT2D eigenvalue weighted by molar-refractivity contribution is 5.73.